The summed E-state index contributed by atoms with van der Waals surface area (Å²) in [6.07, 6.45) is -2.91. The molecule has 1 N–H and O–H groups in total. The molecule has 57 heavy (non-hydrogen) atoms. The molecular formula is C43H53N3O10Si. The number of methoxy groups -OCH3 is 2. The summed E-state index contributed by atoms with van der Waals surface area (Å²) in [7, 11) is 0.526. The van der Waals surface area contributed by atoms with E-state index < -0.39 is 50.1 Å². The van der Waals surface area contributed by atoms with Crippen molar-refractivity contribution < 1.29 is 42.5 Å². The summed E-state index contributed by atoms with van der Waals surface area (Å²) in [5.41, 5.74) is 0.374. The molecule has 4 aromatic rings. The van der Waals surface area contributed by atoms with Gasteiger partial charge in [-0.15, -0.1) is 0 Å². The predicted molar refractivity (Wildman–Crippen MR) is 217 cm³/mol. The average molecular weight is 800 g/mol. The number of carbonyl (C=O) groups excluding carboxylic acids is 3. The van der Waals surface area contributed by atoms with Crippen molar-refractivity contribution >= 4 is 31.8 Å². The highest BCUT2D eigenvalue weighted by Crippen LogP contribution is 2.45. The molecule has 0 saturated carbocycles. The topological polar surface area (TPSA) is 154 Å². The Morgan fingerprint density at radius 1 is 0.807 bits per heavy atom. The third-order valence-corrected chi connectivity index (χ3v) is 15.0. The van der Waals surface area contributed by atoms with Crippen LogP contribution >= 0.6 is 0 Å². The minimum absolute atomic E-state index is 0.00912. The molecule has 3 aromatic carbocycles. The molecule has 13 nitrogen and oxygen atoms in total. The number of Topliss-reactive ketones (excluding diaryl/α,β-unsaturated/α-hetero) is 1. The molecule has 5 rings (SSSR count). The highest BCUT2D eigenvalue weighted by Gasteiger charge is 2.54. The van der Waals surface area contributed by atoms with Crippen molar-refractivity contribution in [1.29, 1.82) is 0 Å². The minimum atomic E-state index is -2.67. The molecule has 1 aliphatic rings. The third kappa shape index (κ3) is 9.87. The van der Waals surface area contributed by atoms with Crippen LogP contribution in [0, 0.1) is 0 Å². The van der Waals surface area contributed by atoms with Gasteiger partial charge in [0.1, 0.15) is 40.9 Å². The van der Waals surface area contributed by atoms with Crippen LogP contribution in [-0.2, 0) is 38.6 Å². The first kappa shape index (κ1) is 43.0. The van der Waals surface area contributed by atoms with Crippen LogP contribution in [0.2, 0.25) is 18.1 Å². The number of benzene rings is 3. The van der Waals surface area contributed by atoms with Gasteiger partial charge < -0.3 is 38.2 Å². The van der Waals surface area contributed by atoms with Crippen LogP contribution in [0.5, 0.6) is 11.5 Å². The van der Waals surface area contributed by atoms with Gasteiger partial charge in [-0.05, 0) is 72.1 Å². The van der Waals surface area contributed by atoms with Crippen molar-refractivity contribution in [2.75, 3.05) is 26.1 Å². The second kappa shape index (κ2) is 18.0. The van der Waals surface area contributed by atoms with Crippen LogP contribution < -0.4 is 20.5 Å². The summed E-state index contributed by atoms with van der Waals surface area (Å²) in [6.45, 7) is 12.9. The van der Waals surface area contributed by atoms with Crippen molar-refractivity contribution in [2.24, 2.45) is 0 Å². The predicted octanol–water partition coefficient (Wildman–Crippen LogP) is 6.80. The van der Waals surface area contributed by atoms with Gasteiger partial charge in [-0.2, -0.15) is 4.98 Å². The third-order valence-electron chi connectivity index (χ3n) is 10.5. The number of esters is 1. The molecular weight excluding hydrogens is 747 g/mol. The number of anilines is 1. The number of nitrogens with zero attached hydrogens (tertiary/aromatic N) is 2. The zero-order valence-electron chi connectivity index (χ0n) is 34.1. The summed E-state index contributed by atoms with van der Waals surface area (Å²) in [5, 5.41) is 2.24. The smallest absolute Gasteiger partial charge is 0.351 e. The Morgan fingerprint density at radius 2 is 1.37 bits per heavy atom. The minimum Gasteiger partial charge on any atom is -0.497 e. The molecule has 14 heteroatoms. The van der Waals surface area contributed by atoms with Gasteiger partial charge in [-0.1, -0.05) is 75.4 Å². The van der Waals surface area contributed by atoms with Gasteiger partial charge in [0.25, 0.3) is 0 Å². The normalized spacial score (nSPS) is 18.5. The molecule has 4 atom stereocenters. The van der Waals surface area contributed by atoms with Crippen LogP contribution in [0.4, 0.5) is 5.82 Å². The van der Waals surface area contributed by atoms with Crippen LogP contribution in [0.15, 0.2) is 95.9 Å². The molecule has 0 spiro atoms. The zero-order valence-corrected chi connectivity index (χ0v) is 35.1. The van der Waals surface area contributed by atoms with Crippen molar-refractivity contribution in [2.45, 2.75) is 95.7 Å². The Labute approximate surface area is 334 Å². The van der Waals surface area contributed by atoms with Gasteiger partial charge in [0.15, 0.2) is 20.6 Å². The van der Waals surface area contributed by atoms with E-state index in [4.69, 9.17) is 28.1 Å². The second-order valence-electron chi connectivity index (χ2n) is 15.6. The van der Waals surface area contributed by atoms with E-state index in [1.807, 2.05) is 78.9 Å². The van der Waals surface area contributed by atoms with Crippen molar-refractivity contribution in [3.8, 4) is 11.5 Å². The van der Waals surface area contributed by atoms with E-state index in [1.54, 1.807) is 14.2 Å². The molecule has 0 bridgehead atoms. The summed E-state index contributed by atoms with van der Waals surface area (Å²) in [4.78, 5) is 55.0. The summed E-state index contributed by atoms with van der Waals surface area (Å²) < 4.78 is 39.5. The molecule has 1 fully saturated rings. The van der Waals surface area contributed by atoms with Gasteiger partial charge in [-0.3, -0.25) is 14.2 Å². The van der Waals surface area contributed by atoms with Crippen LogP contribution in [-0.4, -0.2) is 74.7 Å². The van der Waals surface area contributed by atoms with Gasteiger partial charge in [0, 0.05) is 19.5 Å². The monoisotopic (exact) mass is 799 g/mol. The molecule has 2 heterocycles. The number of hydrogen-bond donors (Lipinski definition) is 1. The van der Waals surface area contributed by atoms with E-state index in [9.17, 15) is 19.2 Å². The molecule has 1 unspecified atom stereocenters. The summed E-state index contributed by atoms with van der Waals surface area (Å²) in [5.74, 6) is 0.209. The van der Waals surface area contributed by atoms with E-state index >= 15 is 0 Å². The Hall–Kier alpha value is -5.15. The van der Waals surface area contributed by atoms with E-state index in [0.29, 0.717) is 11.5 Å². The van der Waals surface area contributed by atoms with Crippen LogP contribution in [0.25, 0.3) is 0 Å². The largest absolute Gasteiger partial charge is 0.497 e. The van der Waals surface area contributed by atoms with Gasteiger partial charge in [0.2, 0.25) is 5.91 Å². The molecule has 0 radical (unpaired) electrons. The fourth-order valence-electron chi connectivity index (χ4n) is 6.48. The Morgan fingerprint density at radius 3 is 1.86 bits per heavy atom. The van der Waals surface area contributed by atoms with E-state index in [-0.39, 0.29) is 42.0 Å². The number of ketones is 1. The Balaban J connectivity index is 1.67. The molecule has 1 aliphatic heterocycles. The number of rotatable bonds is 16. The highest BCUT2D eigenvalue weighted by molar-refractivity contribution is 6.74. The lowest BCUT2D eigenvalue weighted by Crippen LogP contribution is -2.51. The van der Waals surface area contributed by atoms with Crippen molar-refractivity contribution in [3.05, 3.63) is 118 Å². The Kier molecular flexibility index (Phi) is 13.6. The molecule has 1 saturated heterocycles. The number of amides is 1. The maximum Gasteiger partial charge on any atom is 0.351 e. The van der Waals surface area contributed by atoms with Crippen LogP contribution in [0.1, 0.15) is 70.4 Å². The fourth-order valence-corrected chi connectivity index (χ4v) is 7.76. The van der Waals surface area contributed by atoms with Gasteiger partial charge in [-0.25, -0.2) is 4.79 Å². The number of carbonyl (C=O) groups is 3. The molecule has 0 aliphatic carbocycles. The van der Waals surface area contributed by atoms with Crippen LogP contribution in [0.3, 0.4) is 0 Å². The lowest BCUT2D eigenvalue weighted by Gasteiger charge is -2.40. The van der Waals surface area contributed by atoms with Crippen molar-refractivity contribution in [3.63, 3.8) is 0 Å². The maximum absolute atomic E-state index is 13.7. The number of aromatic nitrogens is 2. The van der Waals surface area contributed by atoms with Gasteiger partial charge >= 0.3 is 11.7 Å². The quantitative estimate of drug-likeness (QED) is 0.0724. The van der Waals surface area contributed by atoms with Crippen molar-refractivity contribution in [1.82, 2.24) is 9.55 Å². The number of hydrogen-bond acceptors (Lipinski definition) is 11. The second-order valence-corrected chi connectivity index (χ2v) is 20.3. The number of nitrogens with one attached hydrogen (secondary N) is 1. The van der Waals surface area contributed by atoms with Gasteiger partial charge in [0.05, 0.1) is 27.2 Å². The summed E-state index contributed by atoms with van der Waals surface area (Å²) >= 11 is 0. The first-order valence-corrected chi connectivity index (χ1v) is 21.8. The molecule has 1 amide bonds. The van der Waals surface area contributed by atoms with E-state index in [2.05, 4.69) is 44.2 Å². The average Bonchev–Trinajstić information content (AvgIpc) is 3.49. The summed E-state index contributed by atoms with van der Waals surface area (Å²) in [6, 6.07) is 26.3. The lowest BCUT2D eigenvalue weighted by molar-refractivity contribution is -0.159. The first-order chi connectivity index (χ1) is 27.0. The standard InChI is InChI=1S/C43H53N3O10Si/c1-28(47)15-24-37(49)55-38-35(54-40(39(38)56-57(8,9)42(3,4)5)46-26-25-36(44-29(2)48)45-41(46)50)27-53-43(30-13-11-10-12-14-30,31-16-20-33(51-6)21-17-31)32-18-22-34(52-7)23-19-32/h10-14,16-23,25-26,35,38-40H,15,24,27H2,1-9H3,(H,44,45,48,50)/t35-,38+,39?,40-/m1/s1. The SMILES string of the molecule is COc1ccc(C(OC[C@H]2O[C@@H](n3ccc(NC(C)=O)nc3=O)C(O[Si](C)(C)C(C)(C)C)[C@H]2OC(=O)CCC(C)=O)(c2ccccc2)c2ccc(OC)cc2)cc1. The molecule has 304 valence electrons. The van der Waals surface area contributed by atoms with E-state index in [1.165, 1.54) is 30.7 Å². The zero-order chi connectivity index (χ0) is 41.5. The fraction of sp³-hybridized carbons (Fsp3) is 0.419. The maximum atomic E-state index is 13.7. The lowest BCUT2D eigenvalue weighted by atomic mass is 9.80. The van der Waals surface area contributed by atoms with E-state index in [0.717, 1.165) is 16.7 Å². The Bertz CT molecular complexity index is 2020. The first-order valence-electron chi connectivity index (χ1n) is 18.9. The highest BCUT2D eigenvalue weighted by atomic mass is 28.4. The number of ether oxygens (including phenoxy) is 5. The molecule has 1 aromatic heterocycles.